The van der Waals surface area contributed by atoms with Gasteiger partial charge in [-0.05, 0) is 57.6 Å². The van der Waals surface area contributed by atoms with Crippen LogP contribution in [0.4, 0.5) is 0 Å². The van der Waals surface area contributed by atoms with Crippen LogP contribution in [-0.4, -0.2) is 9.55 Å². The van der Waals surface area contributed by atoms with Crippen molar-refractivity contribution in [2.75, 3.05) is 0 Å². The maximum Gasteiger partial charge on any atom is 0.0491 e. The Morgan fingerprint density at radius 2 is 2.06 bits per heavy atom. The first kappa shape index (κ1) is 11.5. The van der Waals surface area contributed by atoms with E-state index < -0.39 is 0 Å². The molecule has 0 radical (unpaired) electrons. The van der Waals surface area contributed by atoms with Gasteiger partial charge < -0.3 is 4.57 Å². The molecule has 1 aromatic carbocycles. The van der Waals surface area contributed by atoms with Crippen LogP contribution < -0.4 is 0 Å². The molecule has 3 rings (SSSR count). The third kappa shape index (κ3) is 2.18. The highest BCUT2D eigenvalue weighted by Crippen LogP contribution is 2.19. The van der Waals surface area contributed by atoms with E-state index in [1.54, 1.807) is 6.20 Å². The summed E-state index contributed by atoms with van der Waals surface area (Å²) in [5, 5.41) is 1.28. The Labute approximate surface area is 114 Å². The van der Waals surface area contributed by atoms with Crippen molar-refractivity contribution in [1.82, 2.24) is 9.55 Å². The van der Waals surface area contributed by atoms with Crippen LogP contribution in [0.3, 0.4) is 0 Å². The zero-order valence-electron chi connectivity index (χ0n) is 10.1. The van der Waals surface area contributed by atoms with Crippen molar-refractivity contribution < 1.29 is 0 Å². The van der Waals surface area contributed by atoms with Gasteiger partial charge in [-0.15, -0.1) is 0 Å². The summed E-state index contributed by atoms with van der Waals surface area (Å²) in [5.41, 5.74) is 3.76. The Bertz CT molecular complexity index is 701. The Balaban J connectivity index is 2.02. The molecule has 0 aliphatic carbocycles. The third-order valence-electron chi connectivity index (χ3n) is 3.04. The lowest BCUT2D eigenvalue weighted by molar-refractivity contribution is 0.830. The predicted octanol–water partition coefficient (Wildman–Crippen LogP) is 4.16. The van der Waals surface area contributed by atoms with E-state index in [-0.39, 0.29) is 0 Å². The van der Waals surface area contributed by atoms with Gasteiger partial charge in [0.05, 0.1) is 0 Å². The van der Waals surface area contributed by atoms with Gasteiger partial charge in [-0.2, -0.15) is 0 Å². The van der Waals surface area contributed by atoms with Crippen molar-refractivity contribution in [3.05, 3.63) is 64.5 Å². The molecule has 0 bridgehead atoms. The Kier molecular flexibility index (Phi) is 2.92. The molecular weight excluding hydrogens is 288 g/mol. The monoisotopic (exact) mass is 300 g/mol. The van der Waals surface area contributed by atoms with Crippen molar-refractivity contribution in [1.29, 1.82) is 0 Å². The molecule has 18 heavy (non-hydrogen) atoms. The number of fused-ring (bicyclic) bond motifs is 1. The summed E-state index contributed by atoms with van der Waals surface area (Å²) in [6.45, 7) is 2.97. The number of aromatic nitrogens is 2. The number of pyridine rings is 1. The van der Waals surface area contributed by atoms with E-state index in [0.29, 0.717) is 0 Å². The topological polar surface area (TPSA) is 17.8 Å². The van der Waals surface area contributed by atoms with Crippen LogP contribution >= 0.6 is 15.9 Å². The molecule has 3 heteroatoms. The van der Waals surface area contributed by atoms with Crippen LogP contribution in [0, 0.1) is 6.92 Å². The SMILES string of the molecule is Cc1ccc2ccn(Cc3cncc(Br)c3)c2c1. The quantitative estimate of drug-likeness (QED) is 0.695. The van der Waals surface area contributed by atoms with E-state index in [9.17, 15) is 0 Å². The van der Waals surface area contributed by atoms with Gasteiger partial charge in [0.25, 0.3) is 0 Å². The molecule has 90 valence electrons. The Morgan fingerprint density at radius 1 is 1.17 bits per heavy atom. The zero-order valence-corrected chi connectivity index (χ0v) is 11.7. The average molecular weight is 301 g/mol. The molecular formula is C15H13BrN2. The van der Waals surface area contributed by atoms with Crippen molar-refractivity contribution in [2.45, 2.75) is 13.5 Å². The molecule has 0 spiro atoms. The second-order valence-corrected chi connectivity index (χ2v) is 5.43. The predicted molar refractivity (Wildman–Crippen MR) is 77.7 cm³/mol. The number of aryl methyl sites for hydroxylation is 1. The van der Waals surface area contributed by atoms with Crippen LogP contribution in [0.5, 0.6) is 0 Å². The largest absolute Gasteiger partial charge is 0.343 e. The molecule has 2 aromatic heterocycles. The Morgan fingerprint density at radius 3 is 2.89 bits per heavy atom. The molecule has 0 saturated heterocycles. The second kappa shape index (κ2) is 4.58. The van der Waals surface area contributed by atoms with Gasteiger partial charge in [-0.1, -0.05) is 12.1 Å². The summed E-state index contributed by atoms with van der Waals surface area (Å²) in [6.07, 6.45) is 5.85. The smallest absolute Gasteiger partial charge is 0.0491 e. The van der Waals surface area contributed by atoms with E-state index in [2.05, 4.69) is 68.9 Å². The summed E-state index contributed by atoms with van der Waals surface area (Å²) in [6, 6.07) is 10.8. The highest BCUT2D eigenvalue weighted by Gasteiger charge is 2.02. The number of hydrogen-bond donors (Lipinski definition) is 0. The van der Waals surface area contributed by atoms with E-state index >= 15 is 0 Å². The van der Waals surface area contributed by atoms with E-state index in [1.165, 1.54) is 22.0 Å². The molecule has 0 amide bonds. The maximum atomic E-state index is 4.20. The van der Waals surface area contributed by atoms with E-state index in [4.69, 9.17) is 0 Å². The zero-order chi connectivity index (χ0) is 12.5. The van der Waals surface area contributed by atoms with Crippen LogP contribution in [-0.2, 0) is 6.54 Å². The summed E-state index contributed by atoms with van der Waals surface area (Å²) in [5.74, 6) is 0. The first-order chi connectivity index (χ1) is 8.72. The summed E-state index contributed by atoms with van der Waals surface area (Å²) in [4.78, 5) is 4.20. The van der Waals surface area contributed by atoms with Crippen LogP contribution in [0.15, 0.2) is 53.4 Å². The standard InChI is InChI=1S/C15H13BrN2/c1-11-2-3-13-4-5-18(15(13)6-11)10-12-7-14(16)9-17-8-12/h2-9H,10H2,1H3. The minimum absolute atomic E-state index is 0.847. The first-order valence-electron chi connectivity index (χ1n) is 5.87. The first-order valence-corrected chi connectivity index (χ1v) is 6.66. The molecule has 2 heterocycles. The van der Waals surface area contributed by atoms with Crippen molar-refractivity contribution in [3.63, 3.8) is 0 Å². The van der Waals surface area contributed by atoms with Crippen LogP contribution in [0.2, 0.25) is 0 Å². The average Bonchev–Trinajstić information content (AvgIpc) is 2.72. The lowest BCUT2D eigenvalue weighted by atomic mass is 10.2. The van der Waals surface area contributed by atoms with Crippen LogP contribution in [0.25, 0.3) is 10.9 Å². The minimum Gasteiger partial charge on any atom is -0.343 e. The third-order valence-corrected chi connectivity index (χ3v) is 3.48. The molecule has 0 saturated carbocycles. The number of hydrogen-bond acceptors (Lipinski definition) is 1. The molecule has 0 aliphatic rings. The molecule has 0 aliphatic heterocycles. The summed E-state index contributed by atoms with van der Waals surface area (Å²) < 4.78 is 3.28. The highest BCUT2D eigenvalue weighted by atomic mass is 79.9. The van der Waals surface area contributed by atoms with Gasteiger partial charge in [0.2, 0.25) is 0 Å². The lowest BCUT2D eigenvalue weighted by Gasteiger charge is -2.06. The molecule has 0 N–H and O–H groups in total. The van der Waals surface area contributed by atoms with Gasteiger partial charge in [0.1, 0.15) is 0 Å². The fourth-order valence-electron chi connectivity index (χ4n) is 2.17. The number of rotatable bonds is 2. The van der Waals surface area contributed by atoms with Crippen molar-refractivity contribution >= 4 is 26.8 Å². The summed E-state index contributed by atoms with van der Waals surface area (Å²) >= 11 is 3.46. The molecule has 0 unspecified atom stereocenters. The van der Waals surface area contributed by atoms with E-state index in [1.807, 2.05) is 6.20 Å². The highest BCUT2D eigenvalue weighted by molar-refractivity contribution is 9.10. The number of halogens is 1. The molecule has 0 fully saturated rings. The van der Waals surface area contributed by atoms with Gasteiger partial charge in [-0.3, -0.25) is 4.98 Å². The fraction of sp³-hybridized carbons (Fsp3) is 0.133. The molecule has 2 nitrogen and oxygen atoms in total. The lowest BCUT2D eigenvalue weighted by Crippen LogP contribution is -1.98. The number of benzene rings is 1. The molecule has 0 atom stereocenters. The van der Waals surface area contributed by atoms with E-state index in [0.717, 1.165) is 11.0 Å². The van der Waals surface area contributed by atoms with Crippen molar-refractivity contribution in [3.8, 4) is 0 Å². The minimum atomic E-state index is 0.847. The van der Waals surface area contributed by atoms with Gasteiger partial charge in [0.15, 0.2) is 0 Å². The maximum absolute atomic E-state index is 4.20. The van der Waals surface area contributed by atoms with Crippen molar-refractivity contribution in [2.24, 2.45) is 0 Å². The van der Waals surface area contributed by atoms with Gasteiger partial charge in [-0.25, -0.2) is 0 Å². The second-order valence-electron chi connectivity index (χ2n) is 4.52. The number of nitrogens with zero attached hydrogens (tertiary/aromatic N) is 2. The van der Waals surface area contributed by atoms with Gasteiger partial charge in [0, 0.05) is 35.1 Å². The molecule has 3 aromatic rings. The fourth-order valence-corrected chi connectivity index (χ4v) is 2.58. The summed E-state index contributed by atoms with van der Waals surface area (Å²) in [7, 11) is 0. The Hall–Kier alpha value is -1.61. The normalized spacial score (nSPS) is 11.0. The van der Waals surface area contributed by atoms with Gasteiger partial charge >= 0.3 is 0 Å². The van der Waals surface area contributed by atoms with Crippen LogP contribution in [0.1, 0.15) is 11.1 Å².